The van der Waals surface area contributed by atoms with E-state index in [2.05, 4.69) is 4.99 Å². The molecule has 0 spiro atoms. The predicted molar refractivity (Wildman–Crippen MR) is 58.2 cm³/mol. The van der Waals surface area contributed by atoms with Gasteiger partial charge >= 0.3 is 8.80 Å². The maximum absolute atomic E-state index is 10.3. The molecule has 0 aromatic heterocycles. The molecule has 1 atom stereocenters. The molecule has 0 aromatic rings. The minimum atomic E-state index is -2.89. The van der Waals surface area contributed by atoms with Crippen LogP contribution in [0, 0.1) is 0 Å². The Hall–Kier alpha value is -0.523. The van der Waals surface area contributed by atoms with Crippen molar-refractivity contribution >= 4 is 14.9 Å². The first-order valence-corrected chi connectivity index (χ1v) is 6.71. The zero-order chi connectivity index (χ0) is 11.9. The molecule has 6 heteroatoms. The molecule has 15 heavy (non-hydrogen) atoms. The molecule has 0 saturated heterocycles. The minimum absolute atomic E-state index is 0.0348. The standard InChI is InChI=1S/C9H19NO4Si/c1-6-9(10-7-11)15(12-4,13-5)14-8(2)3/h8-9H,6H2,1-5H3/t9-/m0/s1. The van der Waals surface area contributed by atoms with E-state index in [9.17, 15) is 4.79 Å². The molecule has 0 amide bonds. The average molecular weight is 233 g/mol. The molecule has 0 radical (unpaired) electrons. The van der Waals surface area contributed by atoms with Gasteiger partial charge in [0.05, 0.1) is 0 Å². The molecule has 0 aliphatic heterocycles. The van der Waals surface area contributed by atoms with E-state index >= 15 is 0 Å². The summed E-state index contributed by atoms with van der Waals surface area (Å²) < 4.78 is 16.3. The van der Waals surface area contributed by atoms with Gasteiger partial charge in [0.25, 0.3) is 0 Å². The maximum atomic E-state index is 10.3. The van der Waals surface area contributed by atoms with Crippen LogP contribution in [0.15, 0.2) is 4.99 Å². The molecule has 0 aliphatic rings. The van der Waals surface area contributed by atoms with E-state index in [-0.39, 0.29) is 11.8 Å². The number of rotatable bonds is 7. The monoisotopic (exact) mass is 233 g/mol. The first-order valence-electron chi connectivity index (χ1n) is 4.91. The lowest BCUT2D eigenvalue weighted by atomic mass is 10.5. The van der Waals surface area contributed by atoms with Gasteiger partial charge < -0.3 is 13.3 Å². The predicted octanol–water partition coefficient (Wildman–Crippen LogP) is 1.30. The van der Waals surface area contributed by atoms with E-state index in [0.717, 1.165) is 0 Å². The van der Waals surface area contributed by atoms with Crippen molar-refractivity contribution in [2.75, 3.05) is 14.2 Å². The van der Waals surface area contributed by atoms with Gasteiger partial charge in [-0.25, -0.2) is 4.79 Å². The summed E-state index contributed by atoms with van der Waals surface area (Å²) in [6, 6.07) is 0. The van der Waals surface area contributed by atoms with Crippen LogP contribution in [0.2, 0.25) is 0 Å². The summed E-state index contributed by atoms with van der Waals surface area (Å²) in [4.78, 5) is 14.0. The van der Waals surface area contributed by atoms with Gasteiger partial charge in [0, 0.05) is 20.3 Å². The molecule has 0 aliphatic carbocycles. The molecule has 0 rings (SSSR count). The fraction of sp³-hybridized carbons (Fsp3) is 0.889. The van der Waals surface area contributed by atoms with Crippen LogP contribution in [0.5, 0.6) is 0 Å². The third-order valence-electron chi connectivity index (χ3n) is 1.97. The topological polar surface area (TPSA) is 57.1 Å². The quantitative estimate of drug-likeness (QED) is 0.378. The van der Waals surface area contributed by atoms with E-state index in [1.54, 1.807) is 0 Å². The van der Waals surface area contributed by atoms with Gasteiger partial charge in [-0.1, -0.05) is 6.92 Å². The second-order valence-corrected chi connectivity index (χ2v) is 6.25. The zero-order valence-corrected chi connectivity index (χ0v) is 10.9. The number of carbonyl (C=O) groups excluding carboxylic acids is 1. The molecule has 0 heterocycles. The van der Waals surface area contributed by atoms with Crippen molar-refractivity contribution in [2.45, 2.75) is 39.0 Å². The van der Waals surface area contributed by atoms with Crippen LogP contribution < -0.4 is 0 Å². The van der Waals surface area contributed by atoms with E-state index < -0.39 is 8.80 Å². The molecule has 0 aromatic carbocycles. The fourth-order valence-electron chi connectivity index (χ4n) is 1.34. The Balaban J connectivity index is 4.93. The second-order valence-electron chi connectivity index (χ2n) is 3.32. The van der Waals surface area contributed by atoms with Gasteiger partial charge in [-0.3, -0.25) is 0 Å². The first kappa shape index (κ1) is 14.5. The van der Waals surface area contributed by atoms with Crippen molar-refractivity contribution in [1.29, 1.82) is 0 Å². The Morgan fingerprint density at radius 1 is 1.33 bits per heavy atom. The molecule has 0 bridgehead atoms. The molecule has 0 fully saturated rings. The fourth-order valence-corrected chi connectivity index (χ4v) is 3.77. The molecule has 0 unspecified atom stereocenters. The Kier molecular flexibility index (Phi) is 6.63. The second kappa shape index (κ2) is 6.87. The van der Waals surface area contributed by atoms with Crippen molar-refractivity contribution in [3.8, 4) is 0 Å². The van der Waals surface area contributed by atoms with Gasteiger partial charge in [-0.15, -0.1) is 0 Å². The van der Waals surface area contributed by atoms with Crippen molar-refractivity contribution in [1.82, 2.24) is 0 Å². The highest BCUT2D eigenvalue weighted by molar-refractivity contribution is 6.62. The normalized spacial score (nSPS) is 13.7. The molecular weight excluding hydrogens is 214 g/mol. The van der Waals surface area contributed by atoms with Gasteiger partial charge in [-0.2, -0.15) is 4.99 Å². The lowest BCUT2D eigenvalue weighted by Crippen LogP contribution is -2.55. The number of hydrogen-bond donors (Lipinski definition) is 0. The van der Waals surface area contributed by atoms with Gasteiger partial charge in [0.2, 0.25) is 6.08 Å². The van der Waals surface area contributed by atoms with E-state index in [1.807, 2.05) is 20.8 Å². The summed E-state index contributed by atoms with van der Waals surface area (Å²) in [5.74, 6) is 0. The highest BCUT2D eigenvalue weighted by Gasteiger charge is 2.48. The van der Waals surface area contributed by atoms with Crippen LogP contribution in [0.25, 0.3) is 0 Å². The summed E-state index contributed by atoms with van der Waals surface area (Å²) in [5, 5.41) is 0. The number of aliphatic imine (C=N–C) groups is 1. The lowest BCUT2D eigenvalue weighted by molar-refractivity contribution is 0.0611. The smallest absolute Gasteiger partial charge is 0.376 e. The van der Waals surface area contributed by atoms with Crippen molar-refractivity contribution in [3.63, 3.8) is 0 Å². The molecular formula is C9H19NO4Si. The summed E-state index contributed by atoms with van der Waals surface area (Å²) in [6.07, 6.45) is 2.12. The molecule has 0 N–H and O–H groups in total. The third-order valence-corrected chi connectivity index (χ3v) is 5.26. The summed E-state index contributed by atoms with van der Waals surface area (Å²) in [6.45, 7) is 5.67. The summed E-state index contributed by atoms with van der Waals surface area (Å²) in [5.41, 5.74) is -0.382. The average Bonchev–Trinajstić information content (AvgIpc) is 2.22. The highest BCUT2D eigenvalue weighted by atomic mass is 28.4. The van der Waals surface area contributed by atoms with Crippen LogP contribution in [0.4, 0.5) is 0 Å². The van der Waals surface area contributed by atoms with Crippen molar-refractivity contribution < 1.29 is 18.1 Å². The van der Waals surface area contributed by atoms with Crippen LogP contribution in [-0.2, 0) is 18.1 Å². The molecule has 88 valence electrons. The third kappa shape index (κ3) is 3.85. The van der Waals surface area contributed by atoms with Gasteiger partial charge in [-0.05, 0) is 20.3 Å². The van der Waals surface area contributed by atoms with Crippen LogP contribution in [-0.4, -0.2) is 40.9 Å². The Bertz CT molecular complexity index is 224. The van der Waals surface area contributed by atoms with Crippen LogP contribution in [0.1, 0.15) is 27.2 Å². The first-order chi connectivity index (χ1) is 7.06. The number of isocyanates is 1. The lowest BCUT2D eigenvalue weighted by Gasteiger charge is -2.31. The number of nitrogens with zero attached hydrogens (tertiary/aromatic N) is 1. The Labute approximate surface area is 91.8 Å². The van der Waals surface area contributed by atoms with E-state index in [4.69, 9.17) is 13.3 Å². The van der Waals surface area contributed by atoms with Crippen molar-refractivity contribution in [2.24, 2.45) is 4.99 Å². The Morgan fingerprint density at radius 2 is 1.87 bits per heavy atom. The summed E-state index contributed by atoms with van der Waals surface area (Å²) >= 11 is 0. The number of hydrogen-bond acceptors (Lipinski definition) is 5. The molecule has 5 nitrogen and oxygen atoms in total. The highest BCUT2D eigenvalue weighted by Crippen LogP contribution is 2.20. The minimum Gasteiger partial charge on any atom is -0.376 e. The van der Waals surface area contributed by atoms with Gasteiger partial charge in [0.15, 0.2) is 0 Å². The van der Waals surface area contributed by atoms with Crippen molar-refractivity contribution in [3.05, 3.63) is 0 Å². The van der Waals surface area contributed by atoms with E-state index in [1.165, 1.54) is 20.3 Å². The van der Waals surface area contributed by atoms with Gasteiger partial charge in [0.1, 0.15) is 5.67 Å². The van der Waals surface area contributed by atoms with Crippen LogP contribution >= 0.6 is 0 Å². The maximum Gasteiger partial charge on any atom is 0.527 e. The van der Waals surface area contributed by atoms with Crippen LogP contribution in [0.3, 0.4) is 0 Å². The largest absolute Gasteiger partial charge is 0.527 e. The molecule has 0 saturated carbocycles. The Morgan fingerprint density at radius 3 is 2.13 bits per heavy atom. The zero-order valence-electron chi connectivity index (χ0n) is 9.94. The van der Waals surface area contributed by atoms with E-state index in [0.29, 0.717) is 6.42 Å². The summed E-state index contributed by atoms with van der Waals surface area (Å²) in [7, 11) is 0.144. The SMILES string of the molecule is CC[C@@H](N=C=O)[Si](OC)(OC)OC(C)C.